The van der Waals surface area contributed by atoms with E-state index in [1.54, 1.807) is 0 Å². The molecule has 3 nitrogen and oxygen atoms in total. The van der Waals surface area contributed by atoms with Crippen LogP contribution in [0.15, 0.2) is 0 Å². The number of nitrogens with zero attached hydrogens (tertiary/aromatic N) is 2. The van der Waals surface area contributed by atoms with Crippen LogP contribution in [0.1, 0.15) is 57.5 Å². The summed E-state index contributed by atoms with van der Waals surface area (Å²) in [6, 6.07) is 0.475. The number of nitrogens with one attached hydrogen (secondary N) is 1. The molecule has 92 valence electrons. The lowest BCUT2D eigenvalue weighted by molar-refractivity contribution is 0.471. The first-order valence-corrected chi connectivity index (χ1v) is 6.59. The maximum absolute atomic E-state index is 6.36. The molecule has 0 bridgehead atoms. The molecule has 2 radical (unpaired) electrons. The van der Waals surface area contributed by atoms with Crippen LogP contribution in [-0.4, -0.2) is 24.4 Å². The molecule has 0 fully saturated rings. The Labute approximate surface area is 105 Å². The molecule has 1 heterocycles. The van der Waals surface area contributed by atoms with Crippen LogP contribution in [0.3, 0.4) is 0 Å². The summed E-state index contributed by atoms with van der Waals surface area (Å²) in [7, 11) is 8.30. The highest BCUT2D eigenvalue weighted by atomic mass is 15.2. The molecule has 1 N–H and O–H groups in total. The molecule has 1 aliphatic carbocycles. The Hall–Kier alpha value is -0.925. The summed E-state index contributed by atoms with van der Waals surface area (Å²) in [4.78, 5) is 4.72. The van der Waals surface area contributed by atoms with Crippen LogP contribution in [0, 0.1) is 0 Å². The third-order valence-electron chi connectivity index (χ3n) is 3.92. The molecule has 4 heteroatoms. The SMILES string of the molecule is [B]C1(C)CCCc2c1nc(NC)n2C(C)CC. The van der Waals surface area contributed by atoms with Gasteiger partial charge in [0.15, 0.2) is 0 Å². The summed E-state index contributed by atoms with van der Waals surface area (Å²) in [6.07, 6.45) is 4.39. The Balaban J connectivity index is 2.55. The van der Waals surface area contributed by atoms with Gasteiger partial charge in [-0.05, 0) is 37.9 Å². The number of rotatable bonds is 3. The van der Waals surface area contributed by atoms with Gasteiger partial charge in [-0.2, -0.15) is 0 Å². The number of hydrogen-bond acceptors (Lipinski definition) is 2. The fourth-order valence-electron chi connectivity index (χ4n) is 2.74. The van der Waals surface area contributed by atoms with Crippen molar-refractivity contribution < 1.29 is 0 Å². The highest BCUT2D eigenvalue weighted by Crippen LogP contribution is 2.37. The second-order valence-electron chi connectivity index (χ2n) is 5.38. The molecule has 0 aromatic carbocycles. The van der Waals surface area contributed by atoms with Gasteiger partial charge in [0.2, 0.25) is 5.95 Å². The second kappa shape index (κ2) is 4.39. The Morgan fingerprint density at radius 1 is 1.59 bits per heavy atom. The lowest BCUT2D eigenvalue weighted by atomic mass is 9.62. The largest absolute Gasteiger partial charge is 0.359 e. The molecule has 0 amide bonds. The van der Waals surface area contributed by atoms with E-state index in [1.807, 2.05) is 7.05 Å². The predicted octanol–water partition coefficient (Wildman–Crippen LogP) is 2.62. The minimum absolute atomic E-state index is 0.266. The summed E-state index contributed by atoms with van der Waals surface area (Å²) < 4.78 is 2.33. The zero-order valence-corrected chi connectivity index (χ0v) is 11.4. The third-order valence-corrected chi connectivity index (χ3v) is 3.92. The topological polar surface area (TPSA) is 29.9 Å². The van der Waals surface area contributed by atoms with Gasteiger partial charge in [0.05, 0.1) is 13.5 Å². The standard InChI is InChI=1S/C13H22BN3/c1-5-9(2)17-10-7-6-8-13(3,14)11(10)16-12(17)15-4/h9H,5-8H2,1-4H3,(H,15,16). The Kier molecular flexibility index (Phi) is 3.24. The monoisotopic (exact) mass is 231 g/mol. The van der Waals surface area contributed by atoms with Crippen LogP contribution in [0.25, 0.3) is 0 Å². The summed E-state index contributed by atoms with van der Waals surface area (Å²) in [5.41, 5.74) is 2.42. The number of fused-ring (bicyclic) bond motifs is 1. The van der Waals surface area contributed by atoms with Gasteiger partial charge in [0, 0.05) is 18.8 Å². The second-order valence-corrected chi connectivity index (χ2v) is 5.38. The molecule has 2 atom stereocenters. The van der Waals surface area contributed by atoms with Crippen molar-refractivity contribution >= 4 is 13.8 Å². The molecule has 17 heavy (non-hydrogen) atoms. The van der Waals surface area contributed by atoms with E-state index in [0.29, 0.717) is 6.04 Å². The van der Waals surface area contributed by atoms with E-state index in [9.17, 15) is 0 Å². The van der Waals surface area contributed by atoms with Crippen LogP contribution >= 0.6 is 0 Å². The molecule has 0 aliphatic heterocycles. The molecule has 2 unspecified atom stereocenters. The zero-order valence-electron chi connectivity index (χ0n) is 11.4. The Morgan fingerprint density at radius 2 is 2.29 bits per heavy atom. The smallest absolute Gasteiger partial charge is 0.203 e. The van der Waals surface area contributed by atoms with Crippen LogP contribution in [0.2, 0.25) is 0 Å². The van der Waals surface area contributed by atoms with Crippen molar-refractivity contribution in [2.45, 2.75) is 57.8 Å². The first kappa shape index (κ1) is 12.5. The van der Waals surface area contributed by atoms with Gasteiger partial charge in [0.25, 0.3) is 0 Å². The van der Waals surface area contributed by atoms with Crippen molar-refractivity contribution in [1.29, 1.82) is 0 Å². The van der Waals surface area contributed by atoms with Gasteiger partial charge in [-0.15, -0.1) is 0 Å². The van der Waals surface area contributed by atoms with Gasteiger partial charge in [0.1, 0.15) is 0 Å². The van der Waals surface area contributed by atoms with E-state index in [4.69, 9.17) is 12.8 Å². The molecular weight excluding hydrogens is 209 g/mol. The van der Waals surface area contributed by atoms with Gasteiger partial charge < -0.3 is 9.88 Å². The van der Waals surface area contributed by atoms with Gasteiger partial charge in [-0.1, -0.05) is 13.8 Å². The maximum Gasteiger partial charge on any atom is 0.203 e. The van der Waals surface area contributed by atoms with Gasteiger partial charge >= 0.3 is 0 Å². The fraction of sp³-hybridized carbons (Fsp3) is 0.769. The molecule has 2 rings (SSSR count). The molecular formula is C13H22BN3. The minimum atomic E-state index is -0.266. The maximum atomic E-state index is 6.36. The average molecular weight is 231 g/mol. The highest BCUT2D eigenvalue weighted by molar-refractivity contribution is 6.15. The lowest BCUT2D eigenvalue weighted by Crippen LogP contribution is -2.29. The summed E-state index contributed by atoms with van der Waals surface area (Å²) in [5, 5.41) is 2.94. The minimum Gasteiger partial charge on any atom is -0.359 e. The number of hydrogen-bond donors (Lipinski definition) is 1. The summed E-state index contributed by atoms with van der Waals surface area (Å²) in [5.74, 6) is 0.961. The molecule has 1 aliphatic rings. The number of imidazole rings is 1. The summed E-state index contributed by atoms with van der Waals surface area (Å²) in [6.45, 7) is 6.55. The quantitative estimate of drug-likeness (QED) is 0.810. The Morgan fingerprint density at radius 3 is 2.88 bits per heavy atom. The van der Waals surface area contributed by atoms with E-state index in [2.05, 4.69) is 30.7 Å². The van der Waals surface area contributed by atoms with Crippen molar-refractivity contribution in [3.05, 3.63) is 11.4 Å². The molecule has 0 saturated carbocycles. The van der Waals surface area contributed by atoms with E-state index in [0.717, 1.165) is 37.3 Å². The molecule has 0 spiro atoms. The van der Waals surface area contributed by atoms with Crippen molar-refractivity contribution in [2.75, 3.05) is 12.4 Å². The Bertz CT molecular complexity index is 409. The lowest BCUT2D eigenvalue weighted by Gasteiger charge is -2.30. The average Bonchev–Trinajstić information content (AvgIpc) is 2.67. The van der Waals surface area contributed by atoms with Crippen molar-refractivity contribution in [1.82, 2.24) is 9.55 Å². The van der Waals surface area contributed by atoms with E-state index < -0.39 is 0 Å². The molecule has 1 aromatic heterocycles. The van der Waals surface area contributed by atoms with E-state index in [1.165, 1.54) is 5.69 Å². The van der Waals surface area contributed by atoms with Crippen molar-refractivity contribution in [2.24, 2.45) is 0 Å². The highest BCUT2D eigenvalue weighted by Gasteiger charge is 2.33. The first-order valence-electron chi connectivity index (χ1n) is 6.59. The molecule has 0 saturated heterocycles. The first-order chi connectivity index (χ1) is 8.01. The molecule has 1 aromatic rings. The van der Waals surface area contributed by atoms with Crippen molar-refractivity contribution in [3.63, 3.8) is 0 Å². The van der Waals surface area contributed by atoms with Crippen molar-refractivity contribution in [3.8, 4) is 0 Å². The fourth-order valence-corrected chi connectivity index (χ4v) is 2.74. The van der Waals surface area contributed by atoms with Gasteiger partial charge in [-0.3, -0.25) is 0 Å². The number of anilines is 1. The zero-order chi connectivity index (χ0) is 12.6. The van der Waals surface area contributed by atoms with Crippen LogP contribution in [0.5, 0.6) is 0 Å². The van der Waals surface area contributed by atoms with Crippen LogP contribution in [0.4, 0.5) is 5.95 Å². The van der Waals surface area contributed by atoms with E-state index in [-0.39, 0.29) is 5.31 Å². The van der Waals surface area contributed by atoms with Crippen LogP contribution in [-0.2, 0) is 11.7 Å². The normalized spacial score (nSPS) is 25.4. The van der Waals surface area contributed by atoms with Gasteiger partial charge in [-0.25, -0.2) is 4.98 Å². The van der Waals surface area contributed by atoms with Crippen LogP contribution < -0.4 is 5.32 Å². The summed E-state index contributed by atoms with van der Waals surface area (Å²) >= 11 is 0. The third kappa shape index (κ3) is 1.98. The predicted molar refractivity (Wildman–Crippen MR) is 72.8 cm³/mol. The van der Waals surface area contributed by atoms with E-state index >= 15 is 0 Å². The number of aromatic nitrogens is 2.